The Bertz CT molecular complexity index is 975. The van der Waals surface area contributed by atoms with Gasteiger partial charge in [0, 0.05) is 21.7 Å². The summed E-state index contributed by atoms with van der Waals surface area (Å²) >= 11 is 10.8. The maximum absolute atomic E-state index is 11.6. The standard InChI is InChI=1S/C17H12ClN3O2S/c18-10-4-5-14-12(7-10)13(16(22)23)8-15(21-14)9-2-1-3-11(6-9)20-17(19)24/h1-8H,(H,22,23)(H3,19,20,24). The Morgan fingerprint density at radius 1 is 1.21 bits per heavy atom. The highest BCUT2D eigenvalue weighted by Gasteiger charge is 2.13. The summed E-state index contributed by atoms with van der Waals surface area (Å²) in [5, 5.41) is 13.5. The molecule has 0 unspecified atom stereocenters. The molecule has 120 valence electrons. The number of nitrogens with two attached hydrogens (primary N) is 1. The molecule has 1 aromatic heterocycles. The zero-order valence-electron chi connectivity index (χ0n) is 12.3. The molecule has 0 fully saturated rings. The maximum atomic E-state index is 11.6. The lowest BCUT2D eigenvalue weighted by atomic mass is 10.0. The molecular weight excluding hydrogens is 346 g/mol. The minimum Gasteiger partial charge on any atom is -0.478 e. The first-order chi connectivity index (χ1) is 11.4. The van der Waals surface area contributed by atoms with Crippen molar-refractivity contribution in [2.75, 3.05) is 5.32 Å². The molecule has 0 bridgehead atoms. The van der Waals surface area contributed by atoms with Crippen LogP contribution in [0.2, 0.25) is 5.02 Å². The molecule has 0 amide bonds. The molecule has 0 aliphatic carbocycles. The molecule has 0 radical (unpaired) electrons. The fraction of sp³-hybridized carbons (Fsp3) is 0. The summed E-state index contributed by atoms with van der Waals surface area (Å²) in [7, 11) is 0. The average molecular weight is 358 g/mol. The zero-order valence-corrected chi connectivity index (χ0v) is 13.9. The number of carboxylic acid groups (broad SMARTS) is 1. The van der Waals surface area contributed by atoms with E-state index in [9.17, 15) is 9.90 Å². The number of nitrogens with one attached hydrogen (secondary N) is 1. The van der Waals surface area contributed by atoms with E-state index in [4.69, 9.17) is 29.6 Å². The average Bonchev–Trinajstić information content (AvgIpc) is 2.53. The Hall–Kier alpha value is -2.70. The first kappa shape index (κ1) is 16.2. The number of pyridine rings is 1. The highest BCUT2D eigenvalue weighted by atomic mass is 35.5. The fourth-order valence-corrected chi connectivity index (χ4v) is 2.71. The van der Waals surface area contributed by atoms with Gasteiger partial charge < -0.3 is 16.2 Å². The van der Waals surface area contributed by atoms with Crippen molar-refractivity contribution in [3.05, 3.63) is 59.1 Å². The summed E-state index contributed by atoms with van der Waals surface area (Å²) < 4.78 is 0. The monoisotopic (exact) mass is 357 g/mol. The van der Waals surface area contributed by atoms with Crippen molar-refractivity contribution >= 4 is 51.5 Å². The van der Waals surface area contributed by atoms with E-state index in [0.29, 0.717) is 27.3 Å². The molecule has 0 aliphatic heterocycles. The van der Waals surface area contributed by atoms with Crippen LogP contribution in [-0.4, -0.2) is 21.2 Å². The summed E-state index contributed by atoms with van der Waals surface area (Å²) in [4.78, 5) is 16.1. The van der Waals surface area contributed by atoms with E-state index in [0.717, 1.165) is 5.56 Å². The van der Waals surface area contributed by atoms with E-state index in [2.05, 4.69) is 10.3 Å². The predicted molar refractivity (Wildman–Crippen MR) is 99.6 cm³/mol. The third-order valence-electron chi connectivity index (χ3n) is 3.43. The molecule has 2 aromatic carbocycles. The first-order valence-corrected chi connectivity index (χ1v) is 7.73. The van der Waals surface area contributed by atoms with Crippen molar-refractivity contribution in [1.82, 2.24) is 4.98 Å². The van der Waals surface area contributed by atoms with Crippen molar-refractivity contribution in [3.8, 4) is 11.3 Å². The fourth-order valence-electron chi connectivity index (χ4n) is 2.42. The molecule has 0 spiro atoms. The number of hydrogen-bond acceptors (Lipinski definition) is 3. The van der Waals surface area contributed by atoms with Gasteiger partial charge in [0.15, 0.2) is 5.11 Å². The van der Waals surface area contributed by atoms with Crippen LogP contribution >= 0.6 is 23.8 Å². The lowest BCUT2D eigenvalue weighted by molar-refractivity contribution is 0.0699. The second kappa shape index (κ2) is 6.43. The largest absolute Gasteiger partial charge is 0.478 e. The molecule has 5 nitrogen and oxygen atoms in total. The van der Waals surface area contributed by atoms with Gasteiger partial charge in [0.1, 0.15) is 0 Å². The second-order valence-corrected chi connectivity index (χ2v) is 5.97. The zero-order chi connectivity index (χ0) is 17.3. The Morgan fingerprint density at radius 3 is 2.71 bits per heavy atom. The molecule has 3 rings (SSSR count). The van der Waals surface area contributed by atoms with E-state index in [-0.39, 0.29) is 10.7 Å². The number of halogens is 1. The van der Waals surface area contributed by atoms with Gasteiger partial charge in [0.2, 0.25) is 0 Å². The van der Waals surface area contributed by atoms with Gasteiger partial charge in [-0.1, -0.05) is 23.7 Å². The second-order valence-electron chi connectivity index (χ2n) is 5.09. The van der Waals surface area contributed by atoms with Gasteiger partial charge in [-0.3, -0.25) is 0 Å². The van der Waals surface area contributed by atoms with Crippen LogP contribution in [0, 0.1) is 0 Å². The van der Waals surface area contributed by atoms with Crippen molar-refractivity contribution in [1.29, 1.82) is 0 Å². The minimum atomic E-state index is -1.04. The van der Waals surface area contributed by atoms with Crippen LogP contribution in [0.15, 0.2) is 48.5 Å². The number of anilines is 1. The molecule has 1 heterocycles. The van der Waals surface area contributed by atoms with Crippen molar-refractivity contribution in [2.24, 2.45) is 5.73 Å². The van der Waals surface area contributed by atoms with Crippen molar-refractivity contribution < 1.29 is 9.90 Å². The predicted octanol–water partition coefficient (Wildman–Crippen LogP) is 3.91. The third-order valence-corrected chi connectivity index (χ3v) is 3.76. The number of carboxylic acids is 1. The van der Waals surface area contributed by atoms with Gasteiger partial charge in [-0.05, 0) is 48.6 Å². The van der Waals surface area contributed by atoms with Gasteiger partial charge in [-0.2, -0.15) is 0 Å². The van der Waals surface area contributed by atoms with Gasteiger partial charge in [0.05, 0.1) is 16.8 Å². The third kappa shape index (κ3) is 3.29. The summed E-state index contributed by atoms with van der Waals surface area (Å²) in [6, 6.07) is 13.8. The summed E-state index contributed by atoms with van der Waals surface area (Å²) in [5.41, 5.74) is 8.17. The smallest absolute Gasteiger partial charge is 0.336 e. The van der Waals surface area contributed by atoms with E-state index in [1.54, 1.807) is 24.3 Å². The Morgan fingerprint density at radius 2 is 2.00 bits per heavy atom. The molecule has 24 heavy (non-hydrogen) atoms. The summed E-state index contributed by atoms with van der Waals surface area (Å²) in [6.45, 7) is 0. The number of aromatic carboxylic acids is 1. The molecule has 0 aliphatic rings. The number of benzene rings is 2. The van der Waals surface area contributed by atoms with Gasteiger partial charge in [-0.15, -0.1) is 0 Å². The maximum Gasteiger partial charge on any atom is 0.336 e. The van der Waals surface area contributed by atoms with Crippen LogP contribution in [-0.2, 0) is 0 Å². The van der Waals surface area contributed by atoms with Crippen LogP contribution in [0.1, 0.15) is 10.4 Å². The van der Waals surface area contributed by atoms with Gasteiger partial charge in [-0.25, -0.2) is 9.78 Å². The van der Waals surface area contributed by atoms with E-state index < -0.39 is 5.97 Å². The van der Waals surface area contributed by atoms with E-state index in [1.165, 1.54) is 6.07 Å². The summed E-state index contributed by atoms with van der Waals surface area (Å²) in [5.74, 6) is -1.04. The highest BCUT2D eigenvalue weighted by Crippen LogP contribution is 2.28. The number of thiocarbonyl (C=S) groups is 1. The Labute approximate surface area is 148 Å². The molecule has 0 saturated carbocycles. The number of hydrogen-bond donors (Lipinski definition) is 3. The SMILES string of the molecule is NC(=S)Nc1cccc(-c2cc(C(=O)O)c3cc(Cl)ccc3n2)c1. The molecule has 3 aromatic rings. The number of carbonyl (C=O) groups is 1. The molecule has 0 atom stereocenters. The topological polar surface area (TPSA) is 88.2 Å². The van der Waals surface area contributed by atoms with Crippen LogP contribution in [0.25, 0.3) is 22.2 Å². The number of rotatable bonds is 3. The minimum absolute atomic E-state index is 0.144. The lowest BCUT2D eigenvalue weighted by Crippen LogP contribution is -2.18. The molecular formula is C17H12ClN3O2S. The molecule has 0 saturated heterocycles. The van der Waals surface area contributed by atoms with Crippen LogP contribution in [0.5, 0.6) is 0 Å². The van der Waals surface area contributed by atoms with Crippen molar-refractivity contribution in [2.45, 2.75) is 0 Å². The van der Waals surface area contributed by atoms with E-state index >= 15 is 0 Å². The highest BCUT2D eigenvalue weighted by molar-refractivity contribution is 7.80. The quantitative estimate of drug-likeness (QED) is 0.616. The number of fused-ring (bicyclic) bond motifs is 1. The first-order valence-electron chi connectivity index (χ1n) is 6.94. The normalized spacial score (nSPS) is 10.5. The van der Waals surface area contributed by atoms with Crippen LogP contribution in [0.3, 0.4) is 0 Å². The summed E-state index contributed by atoms with van der Waals surface area (Å²) in [6.07, 6.45) is 0. The number of nitrogens with zero attached hydrogens (tertiary/aromatic N) is 1. The van der Waals surface area contributed by atoms with Gasteiger partial charge >= 0.3 is 5.97 Å². The number of aromatic nitrogens is 1. The van der Waals surface area contributed by atoms with Crippen molar-refractivity contribution in [3.63, 3.8) is 0 Å². The Kier molecular flexibility index (Phi) is 4.33. The van der Waals surface area contributed by atoms with E-state index in [1.807, 2.05) is 18.2 Å². The van der Waals surface area contributed by atoms with Gasteiger partial charge in [0.25, 0.3) is 0 Å². The lowest BCUT2D eigenvalue weighted by Gasteiger charge is -2.09. The molecule has 4 N–H and O–H groups in total. The Balaban J connectivity index is 2.18. The van der Waals surface area contributed by atoms with Crippen LogP contribution < -0.4 is 11.1 Å². The molecule has 7 heteroatoms. The van der Waals surface area contributed by atoms with Crippen LogP contribution in [0.4, 0.5) is 5.69 Å².